The molecule has 4 rings (SSSR count). The van der Waals surface area contributed by atoms with Gasteiger partial charge in [-0.3, -0.25) is 14.0 Å². The average molecular weight is 400 g/mol. The fourth-order valence-electron chi connectivity index (χ4n) is 3.58. The van der Waals surface area contributed by atoms with Gasteiger partial charge >= 0.3 is 0 Å². The van der Waals surface area contributed by atoms with Gasteiger partial charge in [-0.2, -0.15) is 5.26 Å². The van der Waals surface area contributed by atoms with Crippen molar-refractivity contribution >= 4 is 29.1 Å². The van der Waals surface area contributed by atoms with E-state index in [4.69, 9.17) is 5.73 Å². The lowest BCUT2D eigenvalue weighted by atomic mass is 10.1. The minimum absolute atomic E-state index is 0.183. The minimum atomic E-state index is -0.880. The number of hydrogen-bond donors (Lipinski definition) is 1. The molecule has 0 aliphatic carbocycles. The van der Waals surface area contributed by atoms with Gasteiger partial charge in [-0.15, -0.1) is 0 Å². The molecule has 0 atom stereocenters. The number of primary amides is 1. The van der Waals surface area contributed by atoms with Crippen LogP contribution in [0.15, 0.2) is 65.1 Å². The molecule has 1 fully saturated rings. The highest BCUT2D eigenvalue weighted by Gasteiger charge is 2.23. The summed E-state index contributed by atoms with van der Waals surface area (Å²) in [6.45, 7) is 2.79. The molecule has 0 bridgehead atoms. The molecular weight excluding hydrogens is 380 g/mol. The van der Waals surface area contributed by atoms with Crippen LogP contribution in [0.5, 0.6) is 0 Å². The van der Waals surface area contributed by atoms with Gasteiger partial charge < -0.3 is 15.5 Å². The number of fused-ring (bicyclic) bond motifs is 1. The molecule has 0 saturated carbocycles. The van der Waals surface area contributed by atoms with Gasteiger partial charge in [0.15, 0.2) is 0 Å². The van der Waals surface area contributed by atoms with E-state index in [0.717, 1.165) is 18.8 Å². The van der Waals surface area contributed by atoms with Crippen LogP contribution in [0.1, 0.15) is 5.56 Å². The normalized spacial score (nSPS) is 14.6. The maximum absolute atomic E-state index is 13.1. The van der Waals surface area contributed by atoms with E-state index in [1.54, 1.807) is 30.5 Å². The summed E-state index contributed by atoms with van der Waals surface area (Å²) in [6.07, 6.45) is 2.85. The van der Waals surface area contributed by atoms with Crippen LogP contribution in [-0.4, -0.2) is 41.5 Å². The van der Waals surface area contributed by atoms with Crippen molar-refractivity contribution < 1.29 is 4.79 Å². The third-order valence-electron chi connectivity index (χ3n) is 5.12. The van der Waals surface area contributed by atoms with Gasteiger partial charge in [0.05, 0.1) is 5.56 Å². The van der Waals surface area contributed by atoms with Crippen molar-refractivity contribution in [1.82, 2.24) is 9.38 Å². The van der Waals surface area contributed by atoms with Crippen molar-refractivity contribution in [1.29, 1.82) is 5.26 Å². The number of aromatic nitrogens is 2. The summed E-state index contributed by atoms with van der Waals surface area (Å²) in [4.78, 5) is 33.7. The molecule has 1 aliphatic heterocycles. The molecule has 8 nitrogen and oxygen atoms in total. The first-order valence-corrected chi connectivity index (χ1v) is 9.56. The second-order valence-electron chi connectivity index (χ2n) is 6.93. The molecule has 1 aliphatic rings. The number of rotatable bonds is 4. The van der Waals surface area contributed by atoms with E-state index in [1.165, 1.54) is 10.5 Å². The lowest BCUT2D eigenvalue weighted by Crippen LogP contribution is -2.47. The molecule has 0 spiro atoms. The van der Waals surface area contributed by atoms with Gasteiger partial charge in [0.25, 0.3) is 11.5 Å². The Morgan fingerprint density at radius 3 is 2.37 bits per heavy atom. The molecule has 3 heterocycles. The predicted octanol–water partition coefficient (Wildman–Crippen LogP) is 1.41. The summed E-state index contributed by atoms with van der Waals surface area (Å²) in [5, 5.41) is 9.26. The Kier molecular flexibility index (Phi) is 5.18. The Bertz CT molecular complexity index is 1220. The first-order valence-electron chi connectivity index (χ1n) is 9.56. The first kappa shape index (κ1) is 19.2. The Balaban J connectivity index is 1.75. The second-order valence-corrected chi connectivity index (χ2v) is 6.93. The van der Waals surface area contributed by atoms with Crippen LogP contribution < -0.4 is 21.1 Å². The summed E-state index contributed by atoms with van der Waals surface area (Å²) < 4.78 is 1.39. The van der Waals surface area contributed by atoms with Gasteiger partial charge in [-0.25, -0.2) is 4.98 Å². The SMILES string of the molecule is N#CC(=Cc1c(N2CCN(c3ccccc3)CC2)nc2ccccn2c1=O)C(N)=O. The molecule has 1 saturated heterocycles. The van der Waals surface area contributed by atoms with Gasteiger partial charge in [0.1, 0.15) is 23.1 Å². The molecule has 2 N–H and O–H groups in total. The van der Waals surface area contributed by atoms with E-state index in [1.807, 2.05) is 23.1 Å². The summed E-state index contributed by atoms with van der Waals surface area (Å²) >= 11 is 0. The third kappa shape index (κ3) is 3.61. The van der Waals surface area contributed by atoms with Gasteiger partial charge in [-0.1, -0.05) is 24.3 Å². The quantitative estimate of drug-likeness (QED) is 0.524. The van der Waals surface area contributed by atoms with Crippen LogP contribution in [0.3, 0.4) is 0 Å². The zero-order valence-corrected chi connectivity index (χ0v) is 16.2. The van der Waals surface area contributed by atoms with Crippen molar-refractivity contribution in [2.75, 3.05) is 36.0 Å². The Morgan fingerprint density at radius 1 is 1.03 bits per heavy atom. The number of nitrogens with two attached hydrogens (primary N) is 1. The first-order chi connectivity index (χ1) is 14.6. The highest BCUT2D eigenvalue weighted by Crippen LogP contribution is 2.23. The highest BCUT2D eigenvalue weighted by molar-refractivity contribution is 6.01. The van der Waals surface area contributed by atoms with Gasteiger partial charge in [0.2, 0.25) is 0 Å². The highest BCUT2D eigenvalue weighted by atomic mass is 16.1. The van der Waals surface area contributed by atoms with Gasteiger partial charge in [-0.05, 0) is 30.3 Å². The number of hydrogen-bond acceptors (Lipinski definition) is 6. The lowest BCUT2D eigenvalue weighted by Gasteiger charge is -2.37. The Labute approximate surface area is 173 Å². The van der Waals surface area contributed by atoms with Crippen molar-refractivity contribution in [2.45, 2.75) is 0 Å². The van der Waals surface area contributed by atoms with Crippen molar-refractivity contribution in [3.8, 4) is 6.07 Å². The Hall–Kier alpha value is -4.12. The van der Waals surface area contributed by atoms with Gasteiger partial charge in [0, 0.05) is 38.1 Å². The average Bonchev–Trinajstić information content (AvgIpc) is 2.79. The molecule has 0 radical (unpaired) electrons. The third-order valence-corrected chi connectivity index (χ3v) is 5.12. The van der Waals surface area contributed by atoms with Crippen LogP contribution in [0.25, 0.3) is 11.7 Å². The molecule has 150 valence electrons. The molecule has 0 unspecified atom stereocenters. The minimum Gasteiger partial charge on any atom is -0.368 e. The number of pyridine rings is 1. The number of nitriles is 1. The fraction of sp³-hybridized carbons (Fsp3) is 0.182. The topological polar surface area (TPSA) is 108 Å². The molecule has 1 aromatic carbocycles. The van der Waals surface area contributed by atoms with Crippen LogP contribution in [0, 0.1) is 11.3 Å². The summed E-state index contributed by atoms with van der Waals surface area (Å²) in [5.74, 6) is -0.428. The number of piperazine rings is 1. The molecule has 3 aromatic rings. The van der Waals surface area contributed by atoms with Crippen molar-refractivity contribution in [2.24, 2.45) is 5.73 Å². The van der Waals surface area contributed by atoms with Crippen LogP contribution in [-0.2, 0) is 4.79 Å². The van der Waals surface area contributed by atoms with Crippen LogP contribution in [0.4, 0.5) is 11.5 Å². The number of amides is 1. The maximum Gasteiger partial charge on any atom is 0.267 e. The number of para-hydroxylation sites is 1. The van der Waals surface area contributed by atoms with E-state index in [9.17, 15) is 14.9 Å². The molecule has 1 amide bonds. The van der Waals surface area contributed by atoms with Crippen molar-refractivity contribution in [3.63, 3.8) is 0 Å². The van der Waals surface area contributed by atoms with Crippen LogP contribution in [0.2, 0.25) is 0 Å². The predicted molar refractivity (Wildman–Crippen MR) is 115 cm³/mol. The van der Waals surface area contributed by atoms with E-state index < -0.39 is 5.91 Å². The number of benzene rings is 1. The number of carbonyl (C=O) groups is 1. The monoisotopic (exact) mass is 400 g/mol. The van der Waals surface area contributed by atoms with E-state index in [2.05, 4.69) is 22.0 Å². The Morgan fingerprint density at radius 2 is 1.70 bits per heavy atom. The zero-order chi connectivity index (χ0) is 21.1. The van der Waals surface area contributed by atoms with E-state index in [-0.39, 0.29) is 16.7 Å². The summed E-state index contributed by atoms with van der Waals surface area (Å²) in [5.41, 5.74) is 6.48. The molecular formula is C22H20N6O2. The lowest BCUT2D eigenvalue weighted by molar-refractivity contribution is -0.114. The number of nitrogens with zero attached hydrogens (tertiary/aromatic N) is 5. The second kappa shape index (κ2) is 8.09. The maximum atomic E-state index is 13.1. The summed E-state index contributed by atoms with van der Waals surface area (Å²) in [7, 11) is 0. The summed E-state index contributed by atoms with van der Waals surface area (Å²) in [6, 6.07) is 17.2. The standard InChI is InChI=1S/C22H20N6O2/c23-15-16(20(24)29)14-18-21(25-19-8-4-5-9-28(19)22(18)30)27-12-10-26(11-13-27)17-6-2-1-3-7-17/h1-9,14H,10-13H2,(H2,24,29). The van der Waals surface area contributed by atoms with Crippen LogP contribution >= 0.6 is 0 Å². The molecule has 8 heteroatoms. The van der Waals surface area contributed by atoms with E-state index >= 15 is 0 Å². The molecule has 30 heavy (non-hydrogen) atoms. The number of carbonyl (C=O) groups excluding carboxylic acids is 1. The fourth-order valence-corrected chi connectivity index (χ4v) is 3.58. The zero-order valence-electron chi connectivity index (χ0n) is 16.2. The number of anilines is 2. The van der Waals surface area contributed by atoms with E-state index in [0.29, 0.717) is 24.6 Å². The smallest absolute Gasteiger partial charge is 0.267 e. The molecule has 2 aromatic heterocycles. The largest absolute Gasteiger partial charge is 0.368 e. The van der Waals surface area contributed by atoms with Crippen molar-refractivity contribution in [3.05, 3.63) is 76.2 Å².